The van der Waals surface area contributed by atoms with Crippen LogP contribution in [0.2, 0.25) is 222 Å². The predicted octanol–water partition coefficient (Wildman–Crippen LogP) is 14.8. The maximum Gasteiger partial charge on any atom is 0.333 e. The van der Waals surface area contributed by atoms with E-state index in [2.05, 4.69) is 223 Å². The molecular formula is C43H116O17Si16. The van der Waals surface area contributed by atoms with E-state index in [1.807, 2.05) is 0 Å². The summed E-state index contributed by atoms with van der Waals surface area (Å²) in [5.74, 6) is -0.364. The van der Waals surface area contributed by atoms with Crippen LogP contribution in [0.25, 0.3) is 0 Å². The molecule has 0 aromatic carbocycles. The van der Waals surface area contributed by atoms with Gasteiger partial charge < -0.3 is 66.5 Å². The number of unbranched alkanes of at least 4 members (excludes halogenated alkanes) is 1. The summed E-state index contributed by atoms with van der Waals surface area (Å²) in [4.78, 5) is 11.8. The Morgan fingerprint density at radius 2 is 0.447 bits per heavy atom. The Kier molecular flexibility index (Phi) is 28.8. The van der Waals surface area contributed by atoms with Crippen LogP contribution in [0.1, 0.15) is 33.1 Å². The van der Waals surface area contributed by atoms with Crippen molar-refractivity contribution in [1.29, 1.82) is 0 Å². The van der Waals surface area contributed by atoms with Crippen LogP contribution < -0.4 is 0 Å². The molecule has 0 aliphatic rings. The van der Waals surface area contributed by atoms with E-state index in [1.165, 1.54) is 6.42 Å². The molecule has 0 saturated carbocycles. The SMILES string of the molecule is C=C(C)C(=O)OCCC[Si](C)(C)O[Si](C)(C)O[Si](C)(C)O[Si](C)(C)O[Si](C)(C)O[Si](C)(C)O[Si](C)(C)O[Si](C)(C)O[Si](C)(C)O[Si](C)(C)O[Si](C)(C)O[Si](C)(C)O[Si](C)(C)O[Si](C)(C)O[Si](C)(C)O[Si](C)(C)CCCC. The number of hydrogen-bond donors (Lipinski definition) is 0. The summed E-state index contributed by atoms with van der Waals surface area (Å²) in [6, 6.07) is 1.96. The molecule has 0 heterocycles. The second-order valence-electron chi connectivity index (χ2n) is 27.8. The predicted molar refractivity (Wildman–Crippen MR) is 351 cm³/mol. The van der Waals surface area contributed by atoms with E-state index in [0.717, 1.165) is 24.9 Å². The molecule has 0 fully saturated rings. The van der Waals surface area contributed by atoms with Gasteiger partial charge in [0.15, 0.2) is 16.6 Å². The first-order valence-electron chi connectivity index (χ1n) is 27.3. The lowest BCUT2D eigenvalue weighted by atomic mass is 10.4. The van der Waals surface area contributed by atoms with Gasteiger partial charge in [0.2, 0.25) is 0 Å². The molecule has 0 bridgehead atoms. The molecule has 0 saturated heterocycles. The van der Waals surface area contributed by atoms with Crippen LogP contribution in [-0.2, 0) is 71.3 Å². The minimum atomic E-state index is -2.84. The number of carbonyl (C=O) groups is 1. The summed E-state index contributed by atoms with van der Waals surface area (Å²) >= 11 is 0. The van der Waals surface area contributed by atoms with Gasteiger partial charge in [-0.15, -0.1) is 0 Å². The third-order valence-corrected chi connectivity index (χ3v) is 72.7. The molecule has 0 N–H and O–H groups in total. The molecule has 0 aromatic heterocycles. The highest BCUT2D eigenvalue weighted by Crippen LogP contribution is 2.34. The lowest BCUT2D eigenvalue weighted by Crippen LogP contribution is -2.63. The fourth-order valence-electron chi connectivity index (χ4n) is 10.8. The standard InChI is InChI=1S/C43H116O17Si16/c1-36-37-40-61(4,5)46-63(8,9)48-65(12,13)50-67(16,17)52-69(20,21)54-71(24,25)56-73(28,29)58-75(32,33)60-76(34,35)59-74(30,31)57-72(26,27)55-70(22,23)53-68(18,19)51-66(14,15)49-64(10,11)47-62(6,7)41-38-39-45-43(44)42(2)3/h2,36-41H2,1,3-35H3. The van der Waals surface area contributed by atoms with Gasteiger partial charge in [-0.2, -0.15) is 0 Å². The van der Waals surface area contributed by atoms with Crippen molar-refractivity contribution in [2.24, 2.45) is 0 Å². The van der Waals surface area contributed by atoms with Crippen molar-refractivity contribution in [3.8, 4) is 0 Å². The smallest absolute Gasteiger partial charge is 0.333 e. The summed E-state index contributed by atoms with van der Waals surface area (Å²) in [5.41, 5.74) is 0.399. The lowest BCUT2D eigenvalue weighted by molar-refractivity contribution is -0.138. The van der Waals surface area contributed by atoms with Gasteiger partial charge in [-0.05, 0) is 235 Å². The van der Waals surface area contributed by atoms with Gasteiger partial charge in [0.25, 0.3) is 0 Å². The number of carbonyl (C=O) groups excluding carboxylic acids is 1. The highest BCUT2D eigenvalue weighted by atomic mass is 28.5. The van der Waals surface area contributed by atoms with Crippen LogP contribution in [0.5, 0.6) is 0 Å². The van der Waals surface area contributed by atoms with Crippen molar-refractivity contribution >= 4 is 142 Å². The molecule has 0 unspecified atom stereocenters. The van der Waals surface area contributed by atoms with Gasteiger partial charge in [-0.3, -0.25) is 0 Å². The van der Waals surface area contributed by atoms with Crippen molar-refractivity contribution in [2.45, 2.75) is 255 Å². The number of hydrogen-bond acceptors (Lipinski definition) is 17. The van der Waals surface area contributed by atoms with Gasteiger partial charge in [-0.1, -0.05) is 26.3 Å². The van der Waals surface area contributed by atoms with Gasteiger partial charge in [-0.25, -0.2) is 4.79 Å². The molecule has 0 radical (unpaired) electrons. The molecule has 454 valence electrons. The molecule has 0 spiro atoms. The summed E-state index contributed by atoms with van der Waals surface area (Å²) < 4.78 is 108. The molecule has 0 rings (SSSR count). The number of esters is 1. The first-order valence-corrected chi connectivity index (χ1v) is 73.0. The van der Waals surface area contributed by atoms with Crippen LogP contribution in [0.3, 0.4) is 0 Å². The Bertz CT molecular complexity index is 1860. The molecule has 0 aromatic rings. The summed E-state index contributed by atoms with van der Waals surface area (Å²) in [6.45, 7) is 74.8. The van der Waals surface area contributed by atoms with E-state index in [0.29, 0.717) is 12.2 Å². The van der Waals surface area contributed by atoms with Gasteiger partial charge in [0, 0.05) is 5.57 Å². The molecule has 0 aliphatic carbocycles. The van der Waals surface area contributed by atoms with E-state index in [-0.39, 0.29) is 5.97 Å². The van der Waals surface area contributed by atoms with Crippen LogP contribution in [0.15, 0.2) is 12.2 Å². The van der Waals surface area contributed by atoms with Crippen molar-refractivity contribution in [2.75, 3.05) is 6.61 Å². The third-order valence-electron chi connectivity index (χ3n) is 10.1. The monoisotopic (exact) mass is 1350 g/mol. The quantitative estimate of drug-likeness (QED) is 0.0248. The zero-order valence-electron chi connectivity index (χ0n) is 54.9. The molecule has 0 atom stereocenters. The summed E-state index contributed by atoms with van der Waals surface area (Å²) in [6.07, 6.45) is 3.06. The Balaban J connectivity index is 5.70. The number of ether oxygens (including phenoxy) is 1. The lowest BCUT2D eigenvalue weighted by Gasteiger charge is -2.45. The fraction of sp³-hybridized carbons (Fsp3) is 0.930. The summed E-state index contributed by atoms with van der Waals surface area (Å²) in [5, 5.41) is 0. The molecule has 0 amide bonds. The zero-order valence-corrected chi connectivity index (χ0v) is 70.9. The maximum absolute atomic E-state index is 11.8. The molecule has 76 heavy (non-hydrogen) atoms. The molecular weight excluding hydrogens is 1240 g/mol. The third kappa shape index (κ3) is 36.0. The molecule has 17 nitrogen and oxygen atoms in total. The highest BCUT2D eigenvalue weighted by Gasteiger charge is 2.53. The van der Waals surface area contributed by atoms with Crippen LogP contribution in [-0.4, -0.2) is 149 Å². The second-order valence-corrected chi connectivity index (χ2v) is 87.3. The first-order chi connectivity index (χ1) is 33.0. The van der Waals surface area contributed by atoms with Crippen LogP contribution in [0, 0.1) is 0 Å². The Morgan fingerprint density at radius 1 is 0.289 bits per heavy atom. The molecule has 0 aliphatic heterocycles. The normalized spacial score (nSPS) is 15.4. The van der Waals surface area contributed by atoms with E-state index in [4.69, 9.17) is 66.5 Å². The van der Waals surface area contributed by atoms with E-state index >= 15 is 0 Å². The fourth-order valence-corrected chi connectivity index (χ4v) is 93.6. The minimum absolute atomic E-state index is 0.341. The van der Waals surface area contributed by atoms with Crippen molar-refractivity contribution < 1.29 is 71.3 Å². The van der Waals surface area contributed by atoms with Crippen LogP contribution >= 0.6 is 0 Å². The summed E-state index contributed by atoms with van der Waals surface area (Å²) in [7, 11) is -42.5. The van der Waals surface area contributed by atoms with Crippen molar-refractivity contribution in [3.63, 3.8) is 0 Å². The largest absolute Gasteiger partial charge is 0.462 e. The highest BCUT2D eigenvalue weighted by molar-refractivity contribution is 6.95. The number of rotatable bonds is 38. The zero-order chi connectivity index (χ0) is 60.7. The Labute approximate surface area is 483 Å². The Morgan fingerprint density at radius 3 is 0.605 bits per heavy atom. The topological polar surface area (TPSA) is 165 Å². The van der Waals surface area contributed by atoms with E-state index < -0.39 is 136 Å². The van der Waals surface area contributed by atoms with Crippen LogP contribution in [0.4, 0.5) is 0 Å². The maximum atomic E-state index is 11.8. The van der Waals surface area contributed by atoms with Gasteiger partial charge >= 0.3 is 126 Å². The second kappa shape index (κ2) is 28.1. The average molecular weight is 1350 g/mol. The van der Waals surface area contributed by atoms with Crippen molar-refractivity contribution in [1.82, 2.24) is 0 Å². The van der Waals surface area contributed by atoms with Gasteiger partial charge in [0.05, 0.1) is 6.61 Å². The first kappa shape index (κ1) is 78.1. The van der Waals surface area contributed by atoms with E-state index in [9.17, 15) is 4.79 Å². The Hall–Kier alpha value is 2.08. The minimum Gasteiger partial charge on any atom is -0.462 e. The van der Waals surface area contributed by atoms with E-state index in [1.54, 1.807) is 6.92 Å². The van der Waals surface area contributed by atoms with Gasteiger partial charge in [0.1, 0.15) is 0 Å². The average Bonchev–Trinajstić information content (AvgIpc) is 3.00. The molecule has 33 heteroatoms. The van der Waals surface area contributed by atoms with Crippen molar-refractivity contribution in [3.05, 3.63) is 12.2 Å².